The van der Waals surface area contributed by atoms with Crippen LogP contribution in [-0.2, 0) is 0 Å². The van der Waals surface area contributed by atoms with Crippen molar-refractivity contribution in [2.75, 3.05) is 19.6 Å². The van der Waals surface area contributed by atoms with Crippen molar-refractivity contribution in [3.8, 4) is 0 Å². The minimum atomic E-state index is -0.293. The summed E-state index contributed by atoms with van der Waals surface area (Å²) in [5.74, 6) is 0.668. The van der Waals surface area contributed by atoms with Crippen molar-refractivity contribution >= 4 is 18.2 Å². The van der Waals surface area contributed by atoms with Crippen LogP contribution in [0.3, 0.4) is 0 Å². The van der Waals surface area contributed by atoms with Gasteiger partial charge in [0.05, 0.1) is 0 Å². The molecule has 2 rings (SSSR count). The van der Waals surface area contributed by atoms with E-state index in [0.717, 1.165) is 32.0 Å². The Morgan fingerprint density at radius 1 is 1.25 bits per heavy atom. The number of nitrogens with zero attached hydrogens (tertiary/aromatic N) is 1. The van der Waals surface area contributed by atoms with Crippen molar-refractivity contribution in [3.05, 3.63) is 35.6 Å². The van der Waals surface area contributed by atoms with E-state index >= 15 is 0 Å². The summed E-state index contributed by atoms with van der Waals surface area (Å²) in [4.78, 5) is 14.4. The first-order valence-electron chi connectivity index (χ1n) is 7.16. The highest BCUT2D eigenvalue weighted by molar-refractivity contribution is 5.95. The number of carbonyl (C=O) groups excluding carboxylic acids is 1. The Labute approximate surface area is 126 Å². The monoisotopic (exact) mass is 299 g/mol. The molecule has 1 aromatic rings. The Balaban J connectivity index is 0.00000200. The molecule has 1 aromatic carbocycles. The summed E-state index contributed by atoms with van der Waals surface area (Å²) in [6, 6.07) is 5.83. The minimum absolute atomic E-state index is 0. The topological polar surface area (TPSA) is 20.3 Å². The van der Waals surface area contributed by atoms with Crippen LogP contribution < -0.4 is 0 Å². The Morgan fingerprint density at radius 2 is 1.85 bits per heavy atom. The van der Waals surface area contributed by atoms with Crippen LogP contribution in [-0.4, -0.2) is 30.3 Å². The van der Waals surface area contributed by atoms with E-state index < -0.39 is 0 Å². The molecule has 0 saturated carbocycles. The average Bonchev–Trinajstić information content (AvgIpc) is 2.41. The van der Waals surface area contributed by atoms with Crippen LogP contribution in [0.4, 0.5) is 4.39 Å². The Morgan fingerprint density at radius 3 is 2.45 bits per heavy atom. The van der Waals surface area contributed by atoms with Crippen molar-refractivity contribution in [2.24, 2.45) is 5.92 Å². The van der Waals surface area contributed by atoms with Crippen LogP contribution in [0.15, 0.2) is 24.3 Å². The molecular formula is C16H23ClFNO. The molecule has 1 aliphatic rings. The number of piperidine rings is 1. The van der Waals surface area contributed by atoms with E-state index in [4.69, 9.17) is 0 Å². The second-order valence-electron chi connectivity index (χ2n) is 5.56. The molecule has 0 amide bonds. The number of rotatable bonds is 5. The van der Waals surface area contributed by atoms with E-state index in [-0.39, 0.29) is 24.0 Å². The molecule has 0 unspecified atom stereocenters. The normalized spacial score (nSPS) is 16.7. The summed E-state index contributed by atoms with van der Waals surface area (Å²) in [5, 5.41) is 0. The highest BCUT2D eigenvalue weighted by Gasteiger charge is 2.15. The molecule has 4 heteroatoms. The zero-order valence-electron chi connectivity index (χ0n) is 12.0. The van der Waals surface area contributed by atoms with E-state index in [1.807, 2.05) is 0 Å². The SMILES string of the molecule is CC1CCN(CCCC(=O)c2ccc(F)cc2)CC1.Cl. The van der Waals surface area contributed by atoms with E-state index in [1.54, 1.807) is 12.1 Å². The van der Waals surface area contributed by atoms with Gasteiger partial charge < -0.3 is 4.90 Å². The van der Waals surface area contributed by atoms with Crippen LogP contribution in [0.5, 0.6) is 0 Å². The van der Waals surface area contributed by atoms with Crippen molar-refractivity contribution in [2.45, 2.75) is 32.6 Å². The van der Waals surface area contributed by atoms with Gasteiger partial charge in [0.25, 0.3) is 0 Å². The first kappa shape index (κ1) is 17.1. The van der Waals surface area contributed by atoms with E-state index in [9.17, 15) is 9.18 Å². The molecule has 0 aromatic heterocycles. The van der Waals surface area contributed by atoms with Crippen LogP contribution in [0.25, 0.3) is 0 Å². The highest BCUT2D eigenvalue weighted by Crippen LogP contribution is 2.16. The van der Waals surface area contributed by atoms with Crippen LogP contribution in [0, 0.1) is 11.7 Å². The fourth-order valence-corrected chi connectivity index (χ4v) is 2.53. The summed E-state index contributed by atoms with van der Waals surface area (Å²) in [7, 11) is 0. The van der Waals surface area contributed by atoms with Crippen molar-refractivity contribution in [1.82, 2.24) is 4.90 Å². The van der Waals surface area contributed by atoms with E-state index in [0.29, 0.717) is 12.0 Å². The maximum Gasteiger partial charge on any atom is 0.162 e. The number of ketones is 1. The predicted octanol–water partition coefficient (Wildman–Crippen LogP) is 3.94. The van der Waals surface area contributed by atoms with Gasteiger partial charge in [0.1, 0.15) is 5.82 Å². The lowest BCUT2D eigenvalue weighted by Gasteiger charge is -2.29. The third-order valence-corrected chi connectivity index (χ3v) is 3.92. The fourth-order valence-electron chi connectivity index (χ4n) is 2.53. The molecule has 2 nitrogen and oxygen atoms in total. The highest BCUT2D eigenvalue weighted by atomic mass is 35.5. The minimum Gasteiger partial charge on any atom is -0.303 e. The number of benzene rings is 1. The van der Waals surface area contributed by atoms with Gasteiger partial charge in [0, 0.05) is 12.0 Å². The summed E-state index contributed by atoms with van der Waals surface area (Å²) in [6.07, 6.45) is 3.99. The predicted molar refractivity (Wildman–Crippen MR) is 82.1 cm³/mol. The standard InChI is InChI=1S/C16H22FNO.ClH/c1-13-8-11-18(12-9-13)10-2-3-16(19)14-4-6-15(17)7-5-14;/h4-7,13H,2-3,8-12H2,1H3;1H. The number of Topliss-reactive ketones (excluding diaryl/α,β-unsaturated/α-hetero) is 1. The van der Waals surface area contributed by atoms with Crippen LogP contribution in [0.1, 0.15) is 43.0 Å². The Hall–Kier alpha value is -0.930. The zero-order chi connectivity index (χ0) is 13.7. The van der Waals surface area contributed by atoms with Gasteiger partial charge in [-0.25, -0.2) is 4.39 Å². The number of carbonyl (C=O) groups is 1. The van der Waals surface area contributed by atoms with Crippen LogP contribution in [0.2, 0.25) is 0 Å². The van der Waals surface area contributed by atoms with Gasteiger partial charge >= 0.3 is 0 Å². The maximum absolute atomic E-state index is 12.8. The zero-order valence-corrected chi connectivity index (χ0v) is 12.8. The molecule has 1 aliphatic heterocycles. The van der Waals surface area contributed by atoms with E-state index in [2.05, 4.69) is 11.8 Å². The van der Waals surface area contributed by atoms with Gasteiger partial charge in [-0.2, -0.15) is 0 Å². The molecular weight excluding hydrogens is 277 g/mol. The summed E-state index contributed by atoms with van der Waals surface area (Å²) < 4.78 is 12.8. The average molecular weight is 300 g/mol. The van der Waals surface area contributed by atoms with Gasteiger partial charge in [0.15, 0.2) is 5.78 Å². The fraction of sp³-hybridized carbons (Fsp3) is 0.562. The second-order valence-corrected chi connectivity index (χ2v) is 5.56. The lowest BCUT2D eigenvalue weighted by Crippen LogP contribution is -2.33. The van der Waals surface area contributed by atoms with Gasteiger partial charge in [-0.05, 0) is 69.1 Å². The molecule has 1 fully saturated rings. The Bertz CT molecular complexity index is 413. The van der Waals surface area contributed by atoms with Gasteiger partial charge in [0.2, 0.25) is 0 Å². The van der Waals surface area contributed by atoms with Gasteiger partial charge in [-0.1, -0.05) is 6.92 Å². The molecule has 1 saturated heterocycles. The molecule has 0 aliphatic carbocycles. The first-order valence-corrected chi connectivity index (χ1v) is 7.16. The van der Waals surface area contributed by atoms with Crippen LogP contribution >= 0.6 is 12.4 Å². The number of hydrogen-bond acceptors (Lipinski definition) is 2. The third-order valence-electron chi connectivity index (χ3n) is 3.92. The summed E-state index contributed by atoms with van der Waals surface area (Å²) in [5.41, 5.74) is 0.619. The molecule has 20 heavy (non-hydrogen) atoms. The molecule has 0 N–H and O–H groups in total. The molecule has 0 spiro atoms. The largest absolute Gasteiger partial charge is 0.303 e. The summed E-state index contributed by atoms with van der Waals surface area (Å²) >= 11 is 0. The number of halogens is 2. The number of likely N-dealkylation sites (tertiary alicyclic amines) is 1. The molecule has 1 heterocycles. The third kappa shape index (κ3) is 5.22. The smallest absolute Gasteiger partial charge is 0.162 e. The molecule has 0 bridgehead atoms. The van der Waals surface area contributed by atoms with Gasteiger partial charge in [-0.15, -0.1) is 12.4 Å². The van der Waals surface area contributed by atoms with Crippen molar-refractivity contribution in [3.63, 3.8) is 0 Å². The first-order chi connectivity index (χ1) is 9.15. The quantitative estimate of drug-likeness (QED) is 0.768. The van der Waals surface area contributed by atoms with E-state index in [1.165, 1.54) is 25.0 Å². The van der Waals surface area contributed by atoms with Crippen molar-refractivity contribution in [1.29, 1.82) is 0 Å². The molecule has 0 radical (unpaired) electrons. The molecule has 112 valence electrons. The number of hydrogen-bond donors (Lipinski definition) is 0. The maximum atomic E-state index is 12.8. The second kappa shape index (κ2) is 8.38. The summed E-state index contributed by atoms with van der Waals surface area (Å²) in [6.45, 7) is 5.62. The molecule has 0 atom stereocenters. The Kier molecular flexibility index (Phi) is 7.17. The van der Waals surface area contributed by atoms with Crippen molar-refractivity contribution < 1.29 is 9.18 Å². The lowest BCUT2D eigenvalue weighted by atomic mass is 9.99. The van der Waals surface area contributed by atoms with Gasteiger partial charge in [-0.3, -0.25) is 4.79 Å². The lowest BCUT2D eigenvalue weighted by molar-refractivity contribution is 0.0971.